The average molecular weight is 520 g/mol. The normalized spacial score (nSPS) is 11.9. The van der Waals surface area contributed by atoms with E-state index < -0.39 is 35.1 Å². The van der Waals surface area contributed by atoms with Crippen molar-refractivity contribution >= 4 is 11.8 Å². The molecule has 2 aromatic heterocycles. The molecule has 0 atom stereocenters. The largest absolute Gasteiger partial charge is 0.478 e. The van der Waals surface area contributed by atoms with Gasteiger partial charge in [-0.25, -0.2) is 9.78 Å². The molecular weight excluding hydrogens is 502 g/mol. The number of nitrogens with one attached hydrogen (secondary N) is 1. The first-order valence-electron chi connectivity index (χ1n) is 10.7. The lowest BCUT2D eigenvalue weighted by molar-refractivity contribution is -0.142. The molecule has 192 valence electrons. The summed E-state index contributed by atoms with van der Waals surface area (Å²) in [5.41, 5.74) is -0.0729. The van der Waals surface area contributed by atoms with E-state index in [0.717, 1.165) is 39.8 Å². The molecule has 0 amide bonds. The summed E-state index contributed by atoms with van der Waals surface area (Å²) in [4.78, 5) is 14.9. The molecule has 2 heterocycles. The first kappa shape index (κ1) is 25.7. The number of halogens is 6. The van der Waals surface area contributed by atoms with Crippen LogP contribution in [0.3, 0.4) is 0 Å². The molecule has 0 bridgehead atoms. The van der Waals surface area contributed by atoms with Crippen LogP contribution < -0.4 is 5.32 Å². The molecule has 0 aliphatic carbocycles. The van der Waals surface area contributed by atoms with Crippen molar-refractivity contribution in [3.05, 3.63) is 101 Å². The van der Waals surface area contributed by atoms with Gasteiger partial charge in [0.15, 0.2) is 5.69 Å². The van der Waals surface area contributed by atoms with E-state index in [1.54, 1.807) is 24.3 Å². The number of rotatable bonds is 7. The molecule has 6 nitrogen and oxygen atoms in total. The highest BCUT2D eigenvalue weighted by Gasteiger charge is 2.39. The van der Waals surface area contributed by atoms with Gasteiger partial charge in [-0.05, 0) is 40.5 Å². The maximum absolute atomic E-state index is 13.1. The zero-order chi connectivity index (χ0) is 26.8. The highest BCUT2D eigenvalue weighted by Crippen LogP contribution is 2.31. The topological polar surface area (TPSA) is 80.0 Å². The molecule has 0 fully saturated rings. The van der Waals surface area contributed by atoms with E-state index in [1.165, 1.54) is 6.07 Å². The zero-order valence-electron chi connectivity index (χ0n) is 18.8. The van der Waals surface area contributed by atoms with E-state index in [-0.39, 0.29) is 6.54 Å². The molecule has 0 saturated carbocycles. The molecule has 0 radical (unpaired) electrons. The summed E-state index contributed by atoms with van der Waals surface area (Å²) in [7, 11) is 0. The number of nitrogens with zero attached hydrogens (tertiary/aromatic N) is 3. The molecule has 0 saturated heterocycles. The standard InChI is InChI=1S/C25H18F6N4O2/c26-24(27,28)19-8-9-21(33-12-19)32-11-16-2-1-3-18(10-16)17-6-4-15(5-7-17)13-35-14-20(23(36)37)22(34-35)25(29,30)31/h1-10,12,14H,11,13H2,(H,32,33)(H,36,37). The van der Waals surface area contributed by atoms with Crippen molar-refractivity contribution in [2.45, 2.75) is 25.4 Å². The van der Waals surface area contributed by atoms with Crippen LogP contribution in [-0.2, 0) is 25.4 Å². The second-order valence-electron chi connectivity index (χ2n) is 8.07. The third-order valence-electron chi connectivity index (χ3n) is 5.38. The van der Waals surface area contributed by atoms with Crippen LogP contribution in [0, 0.1) is 0 Å². The van der Waals surface area contributed by atoms with Gasteiger partial charge in [0.25, 0.3) is 0 Å². The number of aromatic nitrogens is 3. The minimum atomic E-state index is -4.88. The van der Waals surface area contributed by atoms with Crippen LogP contribution in [0.2, 0.25) is 0 Å². The van der Waals surface area contributed by atoms with Gasteiger partial charge in [0, 0.05) is 18.9 Å². The lowest BCUT2D eigenvalue weighted by Gasteiger charge is -2.10. The second-order valence-corrected chi connectivity index (χ2v) is 8.07. The summed E-state index contributed by atoms with van der Waals surface area (Å²) in [5.74, 6) is -1.42. The molecule has 12 heteroatoms. The molecule has 4 rings (SSSR count). The molecule has 0 aliphatic rings. The predicted molar refractivity (Wildman–Crippen MR) is 122 cm³/mol. The number of benzene rings is 2. The Morgan fingerprint density at radius 3 is 2.19 bits per heavy atom. The lowest BCUT2D eigenvalue weighted by atomic mass is 10.0. The van der Waals surface area contributed by atoms with Crippen LogP contribution in [0.5, 0.6) is 0 Å². The maximum Gasteiger partial charge on any atom is 0.436 e. The Morgan fingerprint density at radius 2 is 1.62 bits per heavy atom. The van der Waals surface area contributed by atoms with Crippen molar-refractivity contribution in [3.63, 3.8) is 0 Å². The maximum atomic E-state index is 13.1. The van der Waals surface area contributed by atoms with E-state index >= 15 is 0 Å². The van der Waals surface area contributed by atoms with E-state index in [4.69, 9.17) is 5.11 Å². The highest BCUT2D eigenvalue weighted by atomic mass is 19.4. The van der Waals surface area contributed by atoms with E-state index in [0.29, 0.717) is 17.9 Å². The van der Waals surface area contributed by atoms with E-state index in [2.05, 4.69) is 15.4 Å². The van der Waals surface area contributed by atoms with Crippen LogP contribution in [0.1, 0.15) is 32.7 Å². The average Bonchev–Trinajstić information content (AvgIpc) is 3.28. The van der Waals surface area contributed by atoms with Crippen LogP contribution in [0.15, 0.2) is 73.1 Å². The minimum Gasteiger partial charge on any atom is -0.478 e. The zero-order valence-corrected chi connectivity index (χ0v) is 18.8. The van der Waals surface area contributed by atoms with Crippen molar-refractivity contribution in [1.29, 1.82) is 0 Å². The Balaban J connectivity index is 1.43. The number of hydrogen-bond donors (Lipinski definition) is 2. The van der Waals surface area contributed by atoms with Gasteiger partial charge < -0.3 is 10.4 Å². The molecule has 0 aliphatic heterocycles. The van der Waals surface area contributed by atoms with Gasteiger partial charge >= 0.3 is 18.3 Å². The Morgan fingerprint density at radius 1 is 0.892 bits per heavy atom. The monoisotopic (exact) mass is 520 g/mol. The summed E-state index contributed by atoms with van der Waals surface area (Å²) >= 11 is 0. The number of carbonyl (C=O) groups is 1. The second kappa shape index (κ2) is 9.96. The van der Waals surface area contributed by atoms with Crippen molar-refractivity contribution in [2.24, 2.45) is 0 Å². The lowest BCUT2D eigenvalue weighted by Crippen LogP contribution is -2.12. The summed E-state index contributed by atoms with van der Waals surface area (Å²) in [6, 6.07) is 16.5. The van der Waals surface area contributed by atoms with Gasteiger partial charge in [-0.15, -0.1) is 0 Å². The number of carboxylic acids is 1. The molecular formula is C25H18F6N4O2. The van der Waals surface area contributed by atoms with E-state index in [1.807, 2.05) is 24.3 Å². The Kier molecular flexibility index (Phi) is 6.92. The number of pyridine rings is 1. The highest BCUT2D eigenvalue weighted by molar-refractivity contribution is 5.88. The first-order valence-corrected chi connectivity index (χ1v) is 10.7. The van der Waals surface area contributed by atoms with E-state index in [9.17, 15) is 31.1 Å². The molecule has 0 unspecified atom stereocenters. The van der Waals surface area contributed by atoms with Gasteiger partial charge in [0.2, 0.25) is 0 Å². The third-order valence-corrected chi connectivity index (χ3v) is 5.38. The fourth-order valence-corrected chi connectivity index (χ4v) is 3.58. The van der Waals surface area contributed by atoms with Gasteiger partial charge in [-0.2, -0.15) is 31.4 Å². The Labute approximate surface area is 206 Å². The van der Waals surface area contributed by atoms with Gasteiger partial charge in [0.1, 0.15) is 11.4 Å². The van der Waals surface area contributed by atoms with Crippen molar-refractivity contribution in [1.82, 2.24) is 14.8 Å². The fourth-order valence-electron chi connectivity index (χ4n) is 3.58. The minimum absolute atomic E-state index is 0.0548. The van der Waals surface area contributed by atoms with Gasteiger partial charge in [0.05, 0.1) is 12.1 Å². The number of carboxylic acid groups (broad SMARTS) is 1. The molecule has 4 aromatic rings. The fraction of sp³-hybridized carbons (Fsp3) is 0.160. The molecule has 2 N–H and O–H groups in total. The summed E-state index contributed by atoms with van der Waals surface area (Å²) in [6.07, 6.45) is -7.73. The van der Waals surface area contributed by atoms with Crippen LogP contribution >= 0.6 is 0 Å². The van der Waals surface area contributed by atoms with Crippen LogP contribution in [0.25, 0.3) is 11.1 Å². The number of anilines is 1. The summed E-state index contributed by atoms with van der Waals surface area (Å²) < 4.78 is 78.1. The van der Waals surface area contributed by atoms with Crippen molar-refractivity contribution < 1.29 is 36.2 Å². The molecule has 0 spiro atoms. The quantitative estimate of drug-likeness (QED) is 0.278. The van der Waals surface area contributed by atoms with Gasteiger partial charge in [-0.1, -0.05) is 42.5 Å². The van der Waals surface area contributed by atoms with Crippen LogP contribution in [-0.4, -0.2) is 25.8 Å². The summed E-state index contributed by atoms with van der Waals surface area (Å²) in [5, 5.41) is 15.4. The van der Waals surface area contributed by atoms with Crippen LogP contribution in [0.4, 0.5) is 32.2 Å². The van der Waals surface area contributed by atoms with Crippen molar-refractivity contribution in [2.75, 3.05) is 5.32 Å². The SMILES string of the molecule is O=C(O)c1cn(Cc2ccc(-c3cccc(CNc4ccc(C(F)(F)F)cn4)c3)cc2)nc1C(F)(F)F. The van der Waals surface area contributed by atoms with Crippen molar-refractivity contribution in [3.8, 4) is 11.1 Å². The summed E-state index contributed by atoms with van der Waals surface area (Å²) in [6.45, 7) is 0.262. The van der Waals surface area contributed by atoms with Gasteiger partial charge in [-0.3, -0.25) is 4.68 Å². The molecule has 37 heavy (non-hydrogen) atoms. The number of hydrogen-bond acceptors (Lipinski definition) is 4. The smallest absolute Gasteiger partial charge is 0.436 e. The predicted octanol–water partition coefficient (Wildman–Crippen LogP) is 6.34. The number of alkyl halides is 6. The Bertz CT molecular complexity index is 1390. The molecule has 2 aromatic carbocycles. The Hall–Kier alpha value is -4.35. The third kappa shape index (κ3) is 6.26. The first-order chi connectivity index (χ1) is 17.4. The number of aromatic carboxylic acids is 1.